The van der Waals surface area contributed by atoms with Crippen molar-refractivity contribution in [2.45, 2.75) is 25.8 Å². The highest BCUT2D eigenvalue weighted by molar-refractivity contribution is 5.74. The van der Waals surface area contributed by atoms with E-state index in [9.17, 15) is 4.79 Å². The van der Waals surface area contributed by atoms with Gasteiger partial charge in [0.15, 0.2) is 0 Å². The van der Waals surface area contributed by atoms with Gasteiger partial charge in [-0.3, -0.25) is 4.90 Å². The summed E-state index contributed by atoms with van der Waals surface area (Å²) in [5.41, 5.74) is 0. The first-order valence-electron chi connectivity index (χ1n) is 6.66. The minimum absolute atomic E-state index is 0.0996. The number of hydrogen-bond acceptors (Lipinski definition) is 3. The van der Waals surface area contributed by atoms with Crippen molar-refractivity contribution in [3.8, 4) is 0 Å². The van der Waals surface area contributed by atoms with Gasteiger partial charge in [-0.05, 0) is 12.8 Å². The van der Waals surface area contributed by atoms with Crippen molar-refractivity contribution in [2.24, 2.45) is 0 Å². The molecule has 2 saturated heterocycles. The maximum absolute atomic E-state index is 11.8. The summed E-state index contributed by atoms with van der Waals surface area (Å²) in [4.78, 5) is 16.2. The number of rotatable bonds is 3. The average Bonchev–Trinajstić information content (AvgIpc) is 2.86. The summed E-state index contributed by atoms with van der Waals surface area (Å²) in [6.45, 7) is 8.28. The zero-order chi connectivity index (χ0) is 12.1. The first-order valence-corrected chi connectivity index (χ1v) is 6.66. The fourth-order valence-corrected chi connectivity index (χ4v) is 2.51. The zero-order valence-electron chi connectivity index (χ0n) is 10.7. The predicted octanol–water partition coefficient (Wildman–Crippen LogP) is 0.513. The molecular formula is C12H23N3O2. The van der Waals surface area contributed by atoms with Crippen LogP contribution >= 0.6 is 0 Å². The lowest BCUT2D eigenvalue weighted by atomic mass is 10.2. The Labute approximate surface area is 103 Å². The molecular weight excluding hydrogens is 218 g/mol. The van der Waals surface area contributed by atoms with Crippen LogP contribution in [0.3, 0.4) is 0 Å². The van der Waals surface area contributed by atoms with E-state index in [1.165, 1.54) is 0 Å². The molecule has 2 rings (SSSR count). The van der Waals surface area contributed by atoms with Gasteiger partial charge in [0.25, 0.3) is 0 Å². The van der Waals surface area contributed by atoms with Crippen LogP contribution in [0.4, 0.5) is 4.79 Å². The van der Waals surface area contributed by atoms with E-state index in [0.717, 1.165) is 58.8 Å². The summed E-state index contributed by atoms with van der Waals surface area (Å²) in [6.07, 6.45) is 2.09. The molecule has 0 aliphatic carbocycles. The summed E-state index contributed by atoms with van der Waals surface area (Å²) >= 11 is 0. The molecule has 0 radical (unpaired) electrons. The predicted molar refractivity (Wildman–Crippen MR) is 66.1 cm³/mol. The lowest BCUT2D eigenvalue weighted by Crippen LogP contribution is -2.46. The van der Waals surface area contributed by atoms with Crippen LogP contribution in [0.25, 0.3) is 0 Å². The molecule has 0 aromatic heterocycles. The van der Waals surface area contributed by atoms with Crippen LogP contribution in [0.1, 0.15) is 19.8 Å². The molecule has 0 bridgehead atoms. The van der Waals surface area contributed by atoms with Crippen LogP contribution in [0, 0.1) is 0 Å². The van der Waals surface area contributed by atoms with Crippen LogP contribution in [0.2, 0.25) is 0 Å². The van der Waals surface area contributed by atoms with Gasteiger partial charge in [-0.2, -0.15) is 0 Å². The van der Waals surface area contributed by atoms with Crippen molar-refractivity contribution in [1.29, 1.82) is 0 Å². The normalized spacial score (nSPS) is 26.2. The van der Waals surface area contributed by atoms with Gasteiger partial charge in [-0.25, -0.2) is 4.79 Å². The molecule has 0 spiro atoms. The van der Waals surface area contributed by atoms with Crippen molar-refractivity contribution in [3.63, 3.8) is 0 Å². The van der Waals surface area contributed by atoms with E-state index in [1.54, 1.807) is 0 Å². The van der Waals surface area contributed by atoms with E-state index in [4.69, 9.17) is 4.74 Å². The van der Waals surface area contributed by atoms with Gasteiger partial charge in [0, 0.05) is 38.8 Å². The van der Waals surface area contributed by atoms with Gasteiger partial charge in [-0.1, -0.05) is 6.92 Å². The molecule has 0 aromatic carbocycles. The standard InChI is InChI=1S/C12H23N3O2/c1-2-4-13-12(16)15-5-3-11(10-15)14-6-8-17-9-7-14/h11H,2-10H2,1H3,(H,13,16). The molecule has 98 valence electrons. The third-order valence-corrected chi connectivity index (χ3v) is 3.54. The number of likely N-dealkylation sites (tertiary alicyclic amines) is 1. The molecule has 2 heterocycles. The Morgan fingerprint density at radius 3 is 2.82 bits per heavy atom. The first-order chi connectivity index (χ1) is 8.31. The van der Waals surface area contributed by atoms with Crippen molar-refractivity contribution in [2.75, 3.05) is 45.9 Å². The number of amides is 2. The highest BCUT2D eigenvalue weighted by atomic mass is 16.5. The van der Waals surface area contributed by atoms with Crippen LogP contribution in [0.15, 0.2) is 0 Å². The number of ether oxygens (including phenoxy) is 1. The molecule has 2 fully saturated rings. The Morgan fingerprint density at radius 2 is 2.12 bits per heavy atom. The van der Waals surface area contributed by atoms with E-state index in [2.05, 4.69) is 17.1 Å². The van der Waals surface area contributed by atoms with E-state index in [-0.39, 0.29) is 6.03 Å². The second-order valence-corrected chi connectivity index (χ2v) is 4.77. The van der Waals surface area contributed by atoms with Crippen LogP contribution < -0.4 is 5.32 Å². The highest BCUT2D eigenvalue weighted by Gasteiger charge is 2.30. The van der Waals surface area contributed by atoms with E-state index >= 15 is 0 Å². The Morgan fingerprint density at radius 1 is 1.35 bits per heavy atom. The molecule has 5 heteroatoms. The molecule has 1 atom stereocenters. The smallest absolute Gasteiger partial charge is 0.317 e. The monoisotopic (exact) mass is 241 g/mol. The first kappa shape index (κ1) is 12.6. The largest absolute Gasteiger partial charge is 0.379 e. The summed E-state index contributed by atoms with van der Waals surface area (Å²) in [6, 6.07) is 0.633. The molecule has 2 amide bonds. The fraction of sp³-hybridized carbons (Fsp3) is 0.917. The number of hydrogen-bond donors (Lipinski definition) is 1. The maximum atomic E-state index is 11.8. The molecule has 1 unspecified atom stereocenters. The number of urea groups is 1. The average molecular weight is 241 g/mol. The zero-order valence-corrected chi connectivity index (χ0v) is 10.7. The fourth-order valence-electron chi connectivity index (χ4n) is 2.51. The second-order valence-electron chi connectivity index (χ2n) is 4.77. The molecule has 17 heavy (non-hydrogen) atoms. The quantitative estimate of drug-likeness (QED) is 0.783. The summed E-state index contributed by atoms with van der Waals surface area (Å²) in [5, 5.41) is 2.94. The highest BCUT2D eigenvalue weighted by Crippen LogP contribution is 2.16. The van der Waals surface area contributed by atoms with Gasteiger partial charge in [0.1, 0.15) is 0 Å². The minimum atomic E-state index is 0.0996. The number of nitrogens with zero attached hydrogens (tertiary/aromatic N) is 2. The van der Waals surface area contributed by atoms with Crippen molar-refractivity contribution < 1.29 is 9.53 Å². The van der Waals surface area contributed by atoms with Crippen LogP contribution in [-0.4, -0.2) is 67.8 Å². The topological polar surface area (TPSA) is 44.8 Å². The Hall–Kier alpha value is -0.810. The van der Waals surface area contributed by atoms with E-state index in [0.29, 0.717) is 6.04 Å². The maximum Gasteiger partial charge on any atom is 0.317 e. The van der Waals surface area contributed by atoms with E-state index < -0.39 is 0 Å². The molecule has 0 saturated carbocycles. The number of morpholine rings is 1. The van der Waals surface area contributed by atoms with Gasteiger partial charge in [-0.15, -0.1) is 0 Å². The molecule has 0 aromatic rings. The third kappa shape index (κ3) is 3.33. The van der Waals surface area contributed by atoms with Gasteiger partial charge in [0.2, 0.25) is 0 Å². The minimum Gasteiger partial charge on any atom is -0.379 e. The SMILES string of the molecule is CCCNC(=O)N1CCC(N2CCOCC2)C1. The second kappa shape index (κ2) is 6.21. The van der Waals surface area contributed by atoms with Gasteiger partial charge < -0.3 is 15.0 Å². The molecule has 2 aliphatic rings. The molecule has 2 aliphatic heterocycles. The van der Waals surface area contributed by atoms with Crippen molar-refractivity contribution >= 4 is 6.03 Å². The number of nitrogens with one attached hydrogen (secondary N) is 1. The summed E-state index contributed by atoms with van der Waals surface area (Å²) in [5.74, 6) is 0. The van der Waals surface area contributed by atoms with Gasteiger partial charge >= 0.3 is 6.03 Å². The summed E-state index contributed by atoms with van der Waals surface area (Å²) < 4.78 is 5.35. The third-order valence-electron chi connectivity index (χ3n) is 3.54. The molecule has 1 N–H and O–H groups in total. The Kier molecular flexibility index (Phi) is 4.62. The lowest BCUT2D eigenvalue weighted by Gasteiger charge is -2.32. The van der Waals surface area contributed by atoms with Gasteiger partial charge in [0.05, 0.1) is 13.2 Å². The van der Waals surface area contributed by atoms with Crippen molar-refractivity contribution in [3.05, 3.63) is 0 Å². The van der Waals surface area contributed by atoms with Crippen LogP contribution in [0.5, 0.6) is 0 Å². The summed E-state index contributed by atoms with van der Waals surface area (Å²) in [7, 11) is 0. The number of carbonyl (C=O) groups is 1. The van der Waals surface area contributed by atoms with Crippen LogP contribution in [-0.2, 0) is 4.74 Å². The molecule has 5 nitrogen and oxygen atoms in total. The Balaban J connectivity index is 1.76. The van der Waals surface area contributed by atoms with E-state index in [1.807, 2.05) is 4.90 Å². The number of carbonyl (C=O) groups excluding carboxylic acids is 1. The van der Waals surface area contributed by atoms with Crippen molar-refractivity contribution in [1.82, 2.24) is 15.1 Å². The Bertz CT molecular complexity index is 254. The lowest BCUT2D eigenvalue weighted by molar-refractivity contribution is 0.0191.